The summed E-state index contributed by atoms with van der Waals surface area (Å²) in [5, 5.41) is 19.5. The maximum absolute atomic E-state index is 13.7. The molecule has 16 heteroatoms. The number of carbonyl (C=O) groups is 2. The monoisotopic (exact) mass is 896 g/mol. The van der Waals surface area contributed by atoms with E-state index in [0.717, 1.165) is 23.3 Å². The van der Waals surface area contributed by atoms with Crippen LogP contribution in [-0.2, 0) is 49.7 Å². The van der Waals surface area contributed by atoms with E-state index in [2.05, 4.69) is 28.1 Å². The van der Waals surface area contributed by atoms with Gasteiger partial charge in [-0.25, -0.2) is 27.2 Å². The van der Waals surface area contributed by atoms with Gasteiger partial charge in [-0.2, -0.15) is 0 Å². The molecule has 12 nitrogen and oxygen atoms in total. The normalized spacial score (nSPS) is 19.1. The van der Waals surface area contributed by atoms with Crippen LogP contribution in [0.1, 0.15) is 87.0 Å². The summed E-state index contributed by atoms with van der Waals surface area (Å²) in [6.45, 7) is 13.4. The standard InChI is InChI=1S/C24H30F2N2O4.C15H19F2NO3.C9H11NO/c1-24(2,3)32-23(30)28-20(10-15-8-17(25)11-18(26)9-15)22(29)12-27-21-14-31-13-16-6-4-5-7-19(16)21;1-15(2,3)21-14(19)18-12(13-8-20-13)6-9-4-10(16)7-11(17)5-9;10-9-6-11-5-7-3-1-2-4-8(7)9/h4-9,11,20-22,27,29H,10,12-14H2,1-3H3,(H,28,30);4-5,7,12-13H,6,8H2,1-3H3,(H,18,19);1-4,9H,5-6,10H2/t20?,21?,22-;;/m1../s1. The third kappa shape index (κ3) is 16.8. The number of nitrogens with two attached hydrogens (primary N) is 1. The third-order valence-electron chi connectivity index (χ3n) is 9.99. The summed E-state index contributed by atoms with van der Waals surface area (Å²) in [6.07, 6.45) is -2.19. The van der Waals surface area contributed by atoms with Crippen LogP contribution in [0.4, 0.5) is 27.2 Å². The number of ether oxygens (including phenoxy) is 5. The number of nitrogens with one attached hydrogen (secondary N) is 3. The van der Waals surface area contributed by atoms with Crippen LogP contribution in [0.3, 0.4) is 0 Å². The molecule has 0 spiro atoms. The number of hydrogen-bond donors (Lipinski definition) is 5. The van der Waals surface area contributed by atoms with Crippen molar-refractivity contribution in [3.05, 3.63) is 142 Å². The minimum atomic E-state index is -1.05. The highest BCUT2D eigenvalue weighted by atomic mass is 19.1. The first-order chi connectivity index (χ1) is 30.2. The molecular weight excluding hydrogens is 837 g/mol. The largest absolute Gasteiger partial charge is 0.444 e. The van der Waals surface area contributed by atoms with Gasteiger partial charge in [-0.05, 0) is 112 Å². The molecular formula is C48H60F4N4O8. The summed E-state index contributed by atoms with van der Waals surface area (Å²) in [5.41, 5.74) is 9.89. The van der Waals surface area contributed by atoms with E-state index in [1.54, 1.807) is 41.5 Å². The van der Waals surface area contributed by atoms with E-state index in [9.17, 15) is 32.3 Å². The second-order valence-electron chi connectivity index (χ2n) is 17.9. The molecule has 5 unspecified atom stereocenters. The summed E-state index contributed by atoms with van der Waals surface area (Å²) in [7, 11) is 0. The van der Waals surface area contributed by atoms with E-state index in [1.807, 2.05) is 36.4 Å². The number of carbonyl (C=O) groups excluding carboxylic acids is 2. The fraction of sp³-hybridized carbons (Fsp3) is 0.458. The number of epoxide rings is 1. The Kier molecular flexibility index (Phi) is 17.7. The number of hydrogen-bond acceptors (Lipinski definition) is 10. The first kappa shape index (κ1) is 49.9. The molecule has 64 heavy (non-hydrogen) atoms. The summed E-state index contributed by atoms with van der Waals surface area (Å²) in [6, 6.07) is 21.2. The van der Waals surface area contributed by atoms with Gasteiger partial charge in [-0.1, -0.05) is 48.5 Å². The van der Waals surface area contributed by atoms with Crippen LogP contribution in [0.25, 0.3) is 0 Å². The van der Waals surface area contributed by atoms with Crippen LogP contribution in [0, 0.1) is 23.3 Å². The molecule has 6 N–H and O–H groups in total. The molecule has 0 aliphatic carbocycles. The van der Waals surface area contributed by atoms with Gasteiger partial charge in [-0.3, -0.25) is 0 Å². The number of fused-ring (bicyclic) bond motifs is 2. The fourth-order valence-corrected chi connectivity index (χ4v) is 7.10. The highest BCUT2D eigenvalue weighted by Gasteiger charge is 2.35. The molecule has 0 bridgehead atoms. The van der Waals surface area contributed by atoms with Crippen molar-refractivity contribution in [2.24, 2.45) is 5.73 Å². The van der Waals surface area contributed by atoms with Gasteiger partial charge in [-0.15, -0.1) is 0 Å². The van der Waals surface area contributed by atoms with Crippen molar-refractivity contribution in [3.8, 4) is 0 Å². The highest BCUT2D eigenvalue weighted by molar-refractivity contribution is 5.68. The second kappa shape index (κ2) is 22.7. The van der Waals surface area contributed by atoms with Gasteiger partial charge in [0.25, 0.3) is 0 Å². The van der Waals surface area contributed by atoms with Crippen molar-refractivity contribution in [1.82, 2.24) is 16.0 Å². The van der Waals surface area contributed by atoms with Gasteiger partial charge < -0.3 is 50.5 Å². The van der Waals surface area contributed by atoms with Crippen LogP contribution in [-0.4, -0.2) is 79.2 Å². The lowest BCUT2D eigenvalue weighted by Crippen LogP contribution is -2.50. The van der Waals surface area contributed by atoms with Crippen molar-refractivity contribution in [2.45, 2.75) is 115 Å². The molecule has 4 aromatic carbocycles. The van der Waals surface area contributed by atoms with Crippen LogP contribution in [0.5, 0.6) is 0 Å². The SMILES string of the molecule is CC(C)(C)OC(=O)NC(Cc1cc(F)cc(F)c1)C1CO1.CC(C)(C)OC(=O)NC(Cc1cc(F)cc(F)c1)[C@H](O)CNC1COCc2ccccc21.NC1COCc2ccccc21. The first-order valence-electron chi connectivity index (χ1n) is 21.2. The minimum absolute atomic E-state index is 0.0223. The predicted molar refractivity (Wildman–Crippen MR) is 232 cm³/mol. The molecule has 6 atom stereocenters. The summed E-state index contributed by atoms with van der Waals surface area (Å²) in [4.78, 5) is 24.1. The van der Waals surface area contributed by atoms with Gasteiger partial charge in [0, 0.05) is 18.7 Å². The van der Waals surface area contributed by atoms with Crippen molar-refractivity contribution in [2.75, 3.05) is 26.4 Å². The smallest absolute Gasteiger partial charge is 0.407 e. The van der Waals surface area contributed by atoms with Crippen LogP contribution in [0.15, 0.2) is 84.9 Å². The molecule has 0 saturated carbocycles. The number of aliphatic hydroxyl groups is 1. The Hall–Kier alpha value is -5.10. The molecule has 0 radical (unpaired) electrons. The van der Waals surface area contributed by atoms with Gasteiger partial charge >= 0.3 is 12.2 Å². The van der Waals surface area contributed by atoms with E-state index < -0.39 is 58.8 Å². The summed E-state index contributed by atoms with van der Waals surface area (Å²) >= 11 is 0. The quantitative estimate of drug-likeness (QED) is 0.0747. The summed E-state index contributed by atoms with van der Waals surface area (Å²) < 4.78 is 80.3. The first-order valence-corrected chi connectivity index (χ1v) is 21.2. The molecule has 3 aliphatic heterocycles. The number of benzene rings is 4. The minimum Gasteiger partial charge on any atom is -0.444 e. The topological polar surface area (TPSA) is 166 Å². The molecule has 2 amide bonds. The number of aliphatic hydroxyl groups excluding tert-OH is 1. The third-order valence-corrected chi connectivity index (χ3v) is 9.99. The molecule has 7 rings (SSSR count). The lowest BCUT2D eigenvalue weighted by molar-refractivity contribution is 0.0400. The molecule has 4 aromatic rings. The Bertz CT molecular complexity index is 2120. The van der Waals surface area contributed by atoms with E-state index in [4.69, 9.17) is 29.4 Å². The predicted octanol–water partition coefficient (Wildman–Crippen LogP) is 7.64. The Labute approximate surface area is 372 Å². The molecule has 1 saturated heterocycles. The van der Waals surface area contributed by atoms with Crippen LogP contribution in [0.2, 0.25) is 0 Å². The van der Waals surface area contributed by atoms with E-state index in [0.29, 0.717) is 44.2 Å². The van der Waals surface area contributed by atoms with Gasteiger partial charge in [0.05, 0.1) is 63.3 Å². The van der Waals surface area contributed by atoms with E-state index >= 15 is 0 Å². The zero-order chi connectivity index (χ0) is 46.6. The van der Waals surface area contributed by atoms with Crippen molar-refractivity contribution in [1.29, 1.82) is 0 Å². The Morgan fingerprint density at radius 3 is 1.69 bits per heavy atom. The Morgan fingerprint density at radius 2 is 1.17 bits per heavy atom. The number of rotatable bonds is 11. The lowest BCUT2D eigenvalue weighted by Gasteiger charge is -2.30. The van der Waals surface area contributed by atoms with Crippen molar-refractivity contribution < 1.29 is 55.9 Å². The summed E-state index contributed by atoms with van der Waals surface area (Å²) in [5.74, 6) is -2.73. The lowest BCUT2D eigenvalue weighted by atomic mass is 9.97. The highest BCUT2D eigenvalue weighted by Crippen LogP contribution is 2.25. The van der Waals surface area contributed by atoms with E-state index in [1.165, 1.54) is 35.4 Å². The molecule has 3 heterocycles. The van der Waals surface area contributed by atoms with Gasteiger partial charge in [0.1, 0.15) is 40.6 Å². The van der Waals surface area contributed by atoms with Gasteiger partial charge in [0.2, 0.25) is 0 Å². The second-order valence-corrected chi connectivity index (χ2v) is 17.9. The zero-order valence-corrected chi connectivity index (χ0v) is 37.1. The molecule has 348 valence electrons. The molecule has 0 aromatic heterocycles. The number of alkyl carbamates (subject to hydrolysis) is 2. The average Bonchev–Trinajstić information content (AvgIpc) is 4.04. The van der Waals surface area contributed by atoms with Gasteiger partial charge in [0.15, 0.2) is 0 Å². The number of halogens is 4. The molecule has 1 fully saturated rings. The van der Waals surface area contributed by atoms with Crippen LogP contribution >= 0.6 is 0 Å². The zero-order valence-electron chi connectivity index (χ0n) is 37.1. The Morgan fingerprint density at radius 1 is 0.703 bits per heavy atom. The average molecular weight is 897 g/mol. The van der Waals surface area contributed by atoms with Crippen molar-refractivity contribution >= 4 is 12.2 Å². The van der Waals surface area contributed by atoms with Crippen LogP contribution < -0.4 is 21.7 Å². The maximum Gasteiger partial charge on any atom is 0.407 e. The fourth-order valence-electron chi connectivity index (χ4n) is 7.10. The van der Waals surface area contributed by atoms with Crippen molar-refractivity contribution in [3.63, 3.8) is 0 Å². The Balaban J connectivity index is 0.000000204. The molecule has 3 aliphatic rings. The maximum atomic E-state index is 13.7. The van der Waals surface area contributed by atoms with E-state index in [-0.39, 0.29) is 43.6 Å². The number of amides is 2.